The number of aromatic nitrogens is 2. The summed E-state index contributed by atoms with van der Waals surface area (Å²) >= 11 is 1.14. The van der Waals surface area contributed by atoms with Gasteiger partial charge in [0, 0.05) is 5.69 Å². The molecule has 2 aromatic carbocycles. The Morgan fingerprint density at radius 2 is 1.81 bits per heavy atom. The number of thiophene rings is 1. The number of carbonyl (C=O) groups excluding carboxylic acids is 1. The van der Waals surface area contributed by atoms with Gasteiger partial charge in [0.15, 0.2) is 0 Å². The van der Waals surface area contributed by atoms with Crippen LogP contribution >= 0.6 is 11.3 Å². The van der Waals surface area contributed by atoms with Gasteiger partial charge in [-0.15, -0.1) is 11.3 Å². The Balaban J connectivity index is 1.80. The molecule has 0 radical (unpaired) electrons. The van der Waals surface area contributed by atoms with Crippen molar-refractivity contribution in [3.63, 3.8) is 0 Å². The largest absolute Gasteiger partial charge is 0.336 e. The van der Waals surface area contributed by atoms with Crippen molar-refractivity contribution >= 4 is 33.1 Å². The Bertz CT molecular complexity index is 1450. The SMILES string of the molecule is Cc1ccc(NC(=O)Cn2c(=O)n(-c3ccc(F)cc3C)c(=O)c3sccc32)cc1F. The van der Waals surface area contributed by atoms with Gasteiger partial charge in [-0.2, -0.15) is 0 Å². The zero-order chi connectivity index (χ0) is 22.3. The first-order valence-electron chi connectivity index (χ1n) is 9.32. The van der Waals surface area contributed by atoms with Crippen molar-refractivity contribution < 1.29 is 13.6 Å². The van der Waals surface area contributed by atoms with Crippen molar-refractivity contribution in [1.82, 2.24) is 9.13 Å². The molecule has 0 fully saturated rings. The Hall–Kier alpha value is -3.59. The molecule has 6 nitrogen and oxygen atoms in total. The fraction of sp³-hybridized carbons (Fsp3) is 0.136. The lowest BCUT2D eigenvalue weighted by atomic mass is 10.2. The van der Waals surface area contributed by atoms with Crippen molar-refractivity contribution in [2.45, 2.75) is 20.4 Å². The van der Waals surface area contributed by atoms with Crippen molar-refractivity contribution in [3.8, 4) is 5.69 Å². The number of amides is 1. The minimum atomic E-state index is -0.726. The maximum absolute atomic E-state index is 13.8. The molecule has 0 spiro atoms. The Labute approximate surface area is 179 Å². The van der Waals surface area contributed by atoms with E-state index in [1.165, 1.54) is 28.8 Å². The number of nitrogens with zero attached hydrogens (tertiary/aromatic N) is 2. The van der Waals surface area contributed by atoms with Gasteiger partial charge in [-0.3, -0.25) is 14.2 Å². The van der Waals surface area contributed by atoms with Gasteiger partial charge in [-0.1, -0.05) is 6.07 Å². The molecule has 2 heterocycles. The third kappa shape index (κ3) is 3.79. The lowest BCUT2D eigenvalue weighted by molar-refractivity contribution is -0.116. The number of aryl methyl sites for hydroxylation is 2. The minimum absolute atomic E-state index is 0.237. The van der Waals surface area contributed by atoms with Gasteiger partial charge < -0.3 is 5.32 Å². The van der Waals surface area contributed by atoms with Crippen LogP contribution in [0.3, 0.4) is 0 Å². The van der Waals surface area contributed by atoms with Crippen LogP contribution in [0.2, 0.25) is 0 Å². The summed E-state index contributed by atoms with van der Waals surface area (Å²) in [5.74, 6) is -1.51. The van der Waals surface area contributed by atoms with Crippen LogP contribution in [-0.4, -0.2) is 15.0 Å². The van der Waals surface area contributed by atoms with E-state index in [0.717, 1.165) is 22.0 Å². The smallest absolute Gasteiger partial charge is 0.324 e. The first-order chi connectivity index (χ1) is 14.8. The van der Waals surface area contributed by atoms with Crippen LogP contribution in [0.5, 0.6) is 0 Å². The summed E-state index contributed by atoms with van der Waals surface area (Å²) in [6, 6.07) is 9.61. The van der Waals surface area contributed by atoms with Crippen LogP contribution in [0.15, 0.2) is 57.4 Å². The Morgan fingerprint density at radius 1 is 1.03 bits per heavy atom. The van der Waals surface area contributed by atoms with E-state index in [-0.39, 0.29) is 22.6 Å². The molecule has 0 atom stereocenters. The van der Waals surface area contributed by atoms with E-state index in [2.05, 4.69) is 5.32 Å². The predicted molar refractivity (Wildman–Crippen MR) is 116 cm³/mol. The fourth-order valence-electron chi connectivity index (χ4n) is 3.34. The normalized spacial score (nSPS) is 11.1. The van der Waals surface area contributed by atoms with Gasteiger partial charge in [0.1, 0.15) is 22.9 Å². The van der Waals surface area contributed by atoms with E-state index >= 15 is 0 Å². The zero-order valence-electron chi connectivity index (χ0n) is 16.6. The highest BCUT2D eigenvalue weighted by Crippen LogP contribution is 2.19. The predicted octanol–water partition coefficient (Wildman–Crippen LogP) is 3.75. The second kappa shape index (κ2) is 7.92. The third-order valence-electron chi connectivity index (χ3n) is 4.91. The molecular weight excluding hydrogens is 424 g/mol. The second-order valence-electron chi connectivity index (χ2n) is 7.09. The van der Waals surface area contributed by atoms with Crippen LogP contribution in [0.4, 0.5) is 14.5 Å². The monoisotopic (exact) mass is 441 g/mol. The third-order valence-corrected chi connectivity index (χ3v) is 5.80. The molecule has 0 aliphatic carbocycles. The number of benzene rings is 2. The maximum Gasteiger partial charge on any atom is 0.336 e. The van der Waals surface area contributed by atoms with E-state index in [1.807, 2.05) is 0 Å². The first kappa shape index (κ1) is 20.7. The van der Waals surface area contributed by atoms with E-state index in [0.29, 0.717) is 16.6 Å². The lowest BCUT2D eigenvalue weighted by Gasteiger charge is -2.14. The first-order valence-corrected chi connectivity index (χ1v) is 10.2. The van der Waals surface area contributed by atoms with Gasteiger partial charge in [-0.25, -0.2) is 18.1 Å². The number of halogens is 2. The highest BCUT2D eigenvalue weighted by molar-refractivity contribution is 7.17. The molecular formula is C22H17F2N3O3S. The molecule has 158 valence electrons. The zero-order valence-corrected chi connectivity index (χ0v) is 17.4. The Kier molecular flexibility index (Phi) is 5.28. The number of anilines is 1. The fourth-order valence-corrected chi connectivity index (χ4v) is 4.16. The summed E-state index contributed by atoms with van der Waals surface area (Å²) in [5, 5.41) is 4.21. The van der Waals surface area contributed by atoms with Gasteiger partial charge >= 0.3 is 5.69 Å². The molecule has 9 heteroatoms. The number of rotatable bonds is 4. The van der Waals surface area contributed by atoms with E-state index < -0.39 is 28.8 Å². The molecule has 4 aromatic rings. The van der Waals surface area contributed by atoms with Crippen LogP contribution in [0.25, 0.3) is 15.9 Å². The molecule has 0 saturated carbocycles. The summed E-state index contributed by atoms with van der Waals surface area (Å²) in [6.45, 7) is 2.81. The minimum Gasteiger partial charge on any atom is -0.324 e. The van der Waals surface area contributed by atoms with Crippen LogP contribution in [-0.2, 0) is 11.3 Å². The molecule has 0 bridgehead atoms. The van der Waals surface area contributed by atoms with Crippen molar-refractivity contribution in [1.29, 1.82) is 0 Å². The quantitative estimate of drug-likeness (QED) is 0.524. The highest BCUT2D eigenvalue weighted by atomic mass is 32.1. The molecule has 0 unspecified atom stereocenters. The lowest BCUT2D eigenvalue weighted by Crippen LogP contribution is -2.40. The molecule has 4 rings (SSSR count). The van der Waals surface area contributed by atoms with Gasteiger partial charge in [-0.05, 0) is 66.8 Å². The van der Waals surface area contributed by atoms with Crippen molar-refractivity contribution in [3.05, 3.63) is 91.4 Å². The number of hydrogen-bond acceptors (Lipinski definition) is 4. The summed E-state index contributed by atoms with van der Waals surface area (Å²) in [6.07, 6.45) is 0. The number of carbonyl (C=O) groups is 1. The molecule has 1 N–H and O–H groups in total. The molecule has 0 aliphatic rings. The standard InChI is InChI=1S/C22H17F2N3O3S/c1-12-3-5-15(10-16(12)24)25-19(28)11-26-18-7-8-31-20(18)21(29)27(22(26)30)17-6-4-14(23)9-13(17)2/h3-10H,11H2,1-2H3,(H,25,28). The van der Waals surface area contributed by atoms with Gasteiger partial charge in [0.05, 0.1) is 11.2 Å². The summed E-state index contributed by atoms with van der Waals surface area (Å²) < 4.78 is 29.7. The van der Waals surface area contributed by atoms with Crippen LogP contribution in [0, 0.1) is 25.5 Å². The average molecular weight is 441 g/mol. The molecule has 0 aliphatic heterocycles. The highest BCUT2D eigenvalue weighted by Gasteiger charge is 2.19. The number of hydrogen-bond donors (Lipinski definition) is 1. The Morgan fingerprint density at radius 3 is 2.52 bits per heavy atom. The van der Waals surface area contributed by atoms with Gasteiger partial charge in [0.25, 0.3) is 5.56 Å². The van der Waals surface area contributed by atoms with E-state index in [9.17, 15) is 23.2 Å². The second-order valence-corrected chi connectivity index (χ2v) is 8.00. The number of nitrogens with one attached hydrogen (secondary N) is 1. The molecule has 0 saturated heterocycles. The summed E-state index contributed by atoms with van der Waals surface area (Å²) in [5.41, 5.74) is 0.392. The molecule has 2 aromatic heterocycles. The van der Waals surface area contributed by atoms with Crippen LogP contribution in [0.1, 0.15) is 11.1 Å². The van der Waals surface area contributed by atoms with E-state index in [4.69, 9.17) is 0 Å². The van der Waals surface area contributed by atoms with Crippen molar-refractivity contribution in [2.24, 2.45) is 0 Å². The topological polar surface area (TPSA) is 73.1 Å². The van der Waals surface area contributed by atoms with E-state index in [1.54, 1.807) is 31.4 Å². The summed E-state index contributed by atoms with van der Waals surface area (Å²) in [4.78, 5) is 38.8. The molecule has 1 amide bonds. The van der Waals surface area contributed by atoms with Crippen LogP contribution < -0.4 is 16.6 Å². The average Bonchev–Trinajstić information content (AvgIpc) is 3.20. The van der Waals surface area contributed by atoms with Crippen molar-refractivity contribution in [2.75, 3.05) is 5.32 Å². The maximum atomic E-state index is 13.8. The number of fused-ring (bicyclic) bond motifs is 1. The summed E-state index contributed by atoms with van der Waals surface area (Å²) in [7, 11) is 0. The molecule has 31 heavy (non-hydrogen) atoms. The van der Waals surface area contributed by atoms with Gasteiger partial charge in [0.2, 0.25) is 5.91 Å².